The summed E-state index contributed by atoms with van der Waals surface area (Å²) in [6, 6.07) is 4.40. The fourth-order valence-corrected chi connectivity index (χ4v) is 1.56. The maximum absolute atomic E-state index is 11.7. The van der Waals surface area contributed by atoms with E-state index in [1.807, 2.05) is 13.8 Å². The number of hydrogen-bond donors (Lipinski definition) is 2. The van der Waals surface area contributed by atoms with Gasteiger partial charge in [0.05, 0.1) is 5.56 Å². The highest BCUT2D eigenvalue weighted by Gasteiger charge is 2.11. The molecule has 0 spiro atoms. The van der Waals surface area contributed by atoms with Crippen LogP contribution in [-0.4, -0.2) is 25.0 Å². The van der Waals surface area contributed by atoms with Crippen molar-refractivity contribution in [3.05, 3.63) is 28.8 Å². The van der Waals surface area contributed by atoms with Crippen LogP contribution < -0.4 is 11.1 Å². The molecule has 0 aliphatic heterocycles. The van der Waals surface area contributed by atoms with Gasteiger partial charge in [0.15, 0.2) is 6.61 Å². The number of ether oxygens (including phenoxy) is 1. The third kappa shape index (κ3) is 5.61. The van der Waals surface area contributed by atoms with Gasteiger partial charge in [0.1, 0.15) is 0 Å². The second-order valence-electron chi connectivity index (χ2n) is 4.55. The summed E-state index contributed by atoms with van der Waals surface area (Å²) >= 11 is 5.77. The Labute approximate surface area is 117 Å². The highest BCUT2D eigenvalue weighted by molar-refractivity contribution is 6.31. The van der Waals surface area contributed by atoms with Crippen LogP contribution >= 0.6 is 11.6 Å². The molecule has 0 fully saturated rings. The van der Waals surface area contributed by atoms with E-state index in [0.29, 0.717) is 23.2 Å². The summed E-state index contributed by atoms with van der Waals surface area (Å²) in [7, 11) is 0. The molecule has 104 valence electrons. The van der Waals surface area contributed by atoms with Gasteiger partial charge in [-0.1, -0.05) is 25.4 Å². The van der Waals surface area contributed by atoms with E-state index in [-0.39, 0.29) is 18.1 Å². The van der Waals surface area contributed by atoms with Gasteiger partial charge >= 0.3 is 5.97 Å². The smallest absolute Gasteiger partial charge is 0.338 e. The highest BCUT2D eigenvalue weighted by atomic mass is 35.5. The number of amides is 1. The van der Waals surface area contributed by atoms with Gasteiger partial charge in [-0.15, -0.1) is 0 Å². The van der Waals surface area contributed by atoms with E-state index >= 15 is 0 Å². The summed E-state index contributed by atoms with van der Waals surface area (Å²) in [6.07, 6.45) is 0. The number of nitrogen functional groups attached to an aromatic ring is 1. The zero-order valence-corrected chi connectivity index (χ0v) is 11.7. The Morgan fingerprint density at radius 1 is 1.37 bits per heavy atom. The second kappa shape index (κ2) is 6.99. The van der Waals surface area contributed by atoms with Gasteiger partial charge in [-0.05, 0) is 24.1 Å². The SMILES string of the molecule is CC(C)CNC(=O)COC(=O)c1cc(N)cc(Cl)c1. The Morgan fingerprint density at radius 3 is 2.63 bits per heavy atom. The quantitative estimate of drug-likeness (QED) is 0.639. The van der Waals surface area contributed by atoms with Crippen LogP contribution in [0.15, 0.2) is 18.2 Å². The number of hydrogen-bond acceptors (Lipinski definition) is 4. The first-order chi connectivity index (χ1) is 8.88. The highest BCUT2D eigenvalue weighted by Crippen LogP contribution is 2.17. The molecule has 1 aromatic carbocycles. The van der Waals surface area contributed by atoms with Crippen molar-refractivity contribution in [3.8, 4) is 0 Å². The van der Waals surface area contributed by atoms with Crippen LogP contribution in [0.1, 0.15) is 24.2 Å². The molecule has 1 amide bonds. The topological polar surface area (TPSA) is 81.4 Å². The van der Waals surface area contributed by atoms with Crippen molar-refractivity contribution in [3.63, 3.8) is 0 Å². The molecule has 1 rings (SSSR count). The van der Waals surface area contributed by atoms with Crippen molar-refractivity contribution in [2.24, 2.45) is 5.92 Å². The molecule has 0 aromatic heterocycles. The maximum Gasteiger partial charge on any atom is 0.338 e. The number of nitrogens with one attached hydrogen (secondary N) is 1. The molecule has 0 atom stereocenters. The van der Waals surface area contributed by atoms with Gasteiger partial charge in [0.25, 0.3) is 5.91 Å². The molecule has 6 heteroatoms. The predicted molar refractivity (Wildman–Crippen MR) is 74.0 cm³/mol. The van der Waals surface area contributed by atoms with Gasteiger partial charge in [-0.25, -0.2) is 4.79 Å². The third-order valence-corrected chi connectivity index (χ3v) is 2.42. The lowest BCUT2D eigenvalue weighted by atomic mass is 10.2. The van der Waals surface area contributed by atoms with Crippen molar-refractivity contribution in [2.45, 2.75) is 13.8 Å². The predicted octanol–water partition coefficient (Wildman–Crippen LogP) is 1.85. The minimum Gasteiger partial charge on any atom is -0.452 e. The number of esters is 1. The first-order valence-electron chi connectivity index (χ1n) is 5.88. The molecule has 0 heterocycles. The molecular formula is C13H17ClN2O3. The van der Waals surface area contributed by atoms with Crippen LogP contribution in [-0.2, 0) is 9.53 Å². The Balaban J connectivity index is 2.49. The van der Waals surface area contributed by atoms with Gasteiger partial charge < -0.3 is 15.8 Å². The van der Waals surface area contributed by atoms with E-state index in [2.05, 4.69) is 5.32 Å². The Morgan fingerprint density at radius 2 is 2.05 bits per heavy atom. The normalized spacial score (nSPS) is 10.3. The van der Waals surface area contributed by atoms with Gasteiger partial charge in [-0.3, -0.25) is 4.79 Å². The average molecular weight is 285 g/mol. The van der Waals surface area contributed by atoms with Crippen LogP contribution in [0.25, 0.3) is 0 Å². The summed E-state index contributed by atoms with van der Waals surface area (Å²) in [6.45, 7) is 4.17. The monoisotopic (exact) mass is 284 g/mol. The molecule has 3 N–H and O–H groups in total. The van der Waals surface area contributed by atoms with Crippen molar-refractivity contribution in [1.82, 2.24) is 5.32 Å². The standard InChI is InChI=1S/C13H17ClN2O3/c1-8(2)6-16-12(17)7-19-13(18)9-3-10(14)5-11(15)4-9/h3-5,8H,6-7,15H2,1-2H3,(H,16,17). The number of anilines is 1. The van der Waals surface area contributed by atoms with Gasteiger partial charge in [-0.2, -0.15) is 0 Å². The summed E-state index contributed by atoms with van der Waals surface area (Å²) in [5.74, 6) is -0.627. The molecule has 0 bridgehead atoms. The van der Waals surface area contributed by atoms with Crippen LogP contribution in [0, 0.1) is 5.92 Å². The number of rotatable bonds is 5. The van der Waals surface area contributed by atoms with E-state index in [1.54, 1.807) is 0 Å². The molecule has 0 unspecified atom stereocenters. The fraction of sp³-hybridized carbons (Fsp3) is 0.385. The number of halogens is 1. The molecule has 5 nitrogen and oxygen atoms in total. The first-order valence-corrected chi connectivity index (χ1v) is 6.26. The van der Waals surface area contributed by atoms with E-state index in [0.717, 1.165) is 0 Å². The molecule has 0 saturated heterocycles. The van der Waals surface area contributed by atoms with E-state index in [9.17, 15) is 9.59 Å². The average Bonchev–Trinajstić information content (AvgIpc) is 2.32. The van der Waals surface area contributed by atoms with E-state index in [4.69, 9.17) is 22.1 Å². The van der Waals surface area contributed by atoms with Crippen molar-refractivity contribution in [1.29, 1.82) is 0 Å². The largest absolute Gasteiger partial charge is 0.452 e. The Bertz CT molecular complexity index is 455. The molecule has 1 aromatic rings. The molecule has 19 heavy (non-hydrogen) atoms. The number of benzene rings is 1. The number of nitrogens with two attached hydrogens (primary N) is 1. The molecule has 0 saturated carbocycles. The van der Waals surface area contributed by atoms with Gasteiger partial charge in [0.2, 0.25) is 0 Å². The number of carbonyl (C=O) groups excluding carboxylic acids is 2. The maximum atomic E-state index is 11.7. The van der Waals surface area contributed by atoms with Crippen LogP contribution in [0.3, 0.4) is 0 Å². The van der Waals surface area contributed by atoms with Crippen LogP contribution in [0.4, 0.5) is 5.69 Å². The summed E-state index contributed by atoms with van der Waals surface area (Å²) in [4.78, 5) is 23.1. The summed E-state index contributed by atoms with van der Waals surface area (Å²) in [5.41, 5.74) is 6.15. The van der Waals surface area contributed by atoms with Crippen molar-refractivity contribution < 1.29 is 14.3 Å². The van der Waals surface area contributed by atoms with Gasteiger partial charge in [0, 0.05) is 17.3 Å². The third-order valence-electron chi connectivity index (χ3n) is 2.20. The number of carbonyl (C=O) groups is 2. The summed E-state index contributed by atoms with van der Waals surface area (Å²) in [5, 5.41) is 2.99. The molecule has 0 aliphatic rings. The van der Waals surface area contributed by atoms with E-state index < -0.39 is 5.97 Å². The fourth-order valence-electron chi connectivity index (χ4n) is 1.31. The second-order valence-corrected chi connectivity index (χ2v) is 4.98. The Hall–Kier alpha value is -1.75. The van der Waals surface area contributed by atoms with Crippen LogP contribution in [0.2, 0.25) is 5.02 Å². The lowest BCUT2D eigenvalue weighted by molar-refractivity contribution is -0.124. The van der Waals surface area contributed by atoms with Crippen molar-refractivity contribution in [2.75, 3.05) is 18.9 Å². The minimum absolute atomic E-state index is 0.224. The zero-order chi connectivity index (χ0) is 14.4. The van der Waals surface area contributed by atoms with E-state index in [1.165, 1.54) is 18.2 Å². The molecule has 0 aliphatic carbocycles. The zero-order valence-electron chi connectivity index (χ0n) is 10.9. The lowest BCUT2D eigenvalue weighted by Gasteiger charge is -2.08. The first kappa shape index (κ1) is 15.3. The van der Waals surface area contributed by atoms with Crippen LogP contribution in [0.5, 0.6) is 0 Å². The summed E-state index contributed by atoms with van der Waals surface area (Å²) < 4.78 is 4.87. The molecular weight excluding hydrogens is 268 g/mol. The minimum atomic E-state index is -0.631. The molecule has 0 radical (unpaired) electrons. The van der Waals surface area contributed by atoms with Crippen molar-refractivity contribution >= 4 is 29.2 Å². The Kier molecular flexibility index (Phi) is 5.63. The lowest BCUT2D eigenvalue weighted by Crippen LogP contribution is -2.31.